The second-order valence-electron chi connectivity index (χ2n) is 6.64. The van der Waals surface area contributed by atoms with Gasteiger partial charge in [0.2, 0.25) is 11.9 Å². The fourth-order valence-corrected chi connectivity index (χ4v) is 3.29. The van der Waals surface area contributed by atoms with Gasteiger partial charge in [0.15, 0.2) is 0 Å². The number of carbonyl (C=O) groups is 1. The van der Waals surface area contributed by atoms with E-state index in [0.717, 1.165) is 29.8 Å². The Morgan fingerprint density at radius 3 is 2.81 bits per heavy atom. The number of rotatable bonds is 4. The van der Waals surface area contributed by atoms with Crippen molar-refractivity contribution in [2.75, 3.05) is 17.2 Å². The number of aryl methyl sites for hydroxylation is 1. The number of hydrogen-bond acceptors (Lipinski definition) is 4. The summed E-state index contributed by atoms with van der Waals surface area (Å²) in [5, 5.41) is 6.74. The van der Waals surface area contributed by atoms with Crippen LogP contribution in [0.15, 0.2) is 48.7 Å². The van der Waals surface area contributed by atoms with Gasteiger partial charge >= 0.3 is 0 Å². The van der Waals surface area contributed by atoms with Crippen molar-refractivity contribution in [1.29, 1.82) is 0 Å². The summed E-state index contributed by atoms with van der Waals surface area (Å²) in [6.07, 6.45) is 2.85. The number of aromatic nitrogens is 2. The van der Waals surface area contributed by atoms with E-state index < -0.39 is 0 Å². The molecule has 4 rings (SSSR count). The fourth-order valence-electron chi connectivity index (χ4n) is 3.12. The maximum atomic E-state index is 12.1. The van der Waals surface area contributed by atoms with Crippen LogP contribution in [0, 0.1) is 6.92 Å². The molecular formula is C21H19ClN4O. The quantitative estimate of drug-likeness (QED) is 0.712. The molecule has 0 radical (unpaired) electrons. The number of halogens is 1. The number of nitrogens with zero attached hydrogens (tertiary/aromatic N) is 2. The van der Waals surface area contributed by atoms with Crippen LogP contribution in [0.2, 0.25) is 5.02 Å². The molecule has 1 aliphatic rings. The van der Waals surface area contributed by atoms with E-state index in [1.54, 1.807) is 18.3 Å². The van der Waals surface area contributed by atoms with Crippen LogP contribution in [-0.2, 0) is 17.6 Å². The van der Waals surface area contributed by atoms with Gasteiger partial charge in [0.1, 0.15) is 0 Å². The van der Waals surface area contributed by atoms with Gasteiger partial charge in [0, 0.05) is 28.9 Å². The molecule has 0 bridgehead atoms. The van der Waals surface area contributed by atoms with Gasteiger partial charge in [0.25, 0.3) is 0 Å². The first kappa shape index (κ1) is 17.5. The lowest BCUT2D eigenvalue weighted by Gasteiger charge is -2.11. The molecule has 1 aromatic heterocycles. The first-order valence-electron chi connectivity index (χ1n) is 8.83. The van der Waals surface area contributed by atoms with Crippen LogP contribution in [0.3, 0.4) is 0 Å². The summed E-state index contributed by atoms with van der Waals surface area (Å²) in [6, 6.07) is 13.9. The molecule has 5 nitrogen and oxygen atoms in total. The molecule has 1 amide bonds. The van der Waals surface area contributed by atoms with Crippen LogP contribution in [0.1, 0.15) is 16.7 Å². The minimum absolute atomic E-state index is 0.0963. The van der Waals surface area contributed by atoms with Crippen LogP contribution in [-0.4, -0.2) is 22.4 Å². The Morgan fingerprint density at radius 2 is 2.00 bits per heavy atom. The van der Waals surface area contributed by atoms with E-state index in [2.05, 4.69) is 51.8 Å². The molecule has 6 heteroatoms. The maximum Gasteiger partial charge on any atom is 0.228 e. The van der Waals surface area contributed by atoms with Crippen molar-refractivity contribution in [2.24, 2.45) is 0 Å². The largest absolute Gasteiger partial charge is 0.354 e. The van der Waals surface area contributed by atoms with Crippen molar-refractivity contribution in [1.82, 2.24) is 9.97 Å². The highest BCUT2D eigenvalue weighted by atomic mass is 35.5. The molecule has 2 heterocycles. The normalized spacial score (nSPS) is 12.6. The number of carbonyl (C=O) groups excluding carboxylic acids is 1. The lowest BCUT2D eigenvalue weighted by Crippen LogP contribution is -2.13. The average Bonchev–Trinajstić information content (AvgIpc) is 2.78. The van der Waals surface area contributed by atoms with E-state index in [1.165, 1.54) is 11.1 Å². The minimum atomic E-state index is -0.0963. The standard InChI is InChI=1S/C21H19ClN4O/c1-13-2-4-14(5-3-13)8-9-23-21-24-12-15-10-19(27)25-18-11-16(22)6-7-17(18)20(15)26-21/h2-7,11-12H,8-10H2,1H3,(H,25,27)(H,23,24,26). The van der Waals surface area contributed by atoms with Crippen LogP contribution in [0.5, 0.6) is 0 Å². The number of nitrogens with one attached hydrogen (secondary N) is 2. The zero-order chi connectivity index (χ0) is 18.8. The third-order valence-corrected chi connectivity index (χ3v) is 4.78. The monoisotopic (exact) mass is 378 g/mol. The SMILES string of the molecule is Cc1ccc(CCNc2ncc3c(n2)-c2ccc(Cl)cc2NC(=O)C3)cc1. The number of amides is 1. The zero-order valence-electron chi connectivity index (χ0n) is 14.9. The van der Waals surface area contributed by atoms with Gasteiger partial charge in [-0.3, -0.25) is 4.79 Å². The molecule has 1 aliphatic heterocycles. The summed E-state index contributed by atoms with van der Waals surface area (Å²) < 4.78 is 0. The van der Waals surface area contributed by atoms with E-state index in [4.69, 9.17) is 11.6 Å². The molecular weight excluding hydrogens is 360 g/mol. The summed E-state index contributed by atoms with van der Waals surface area (Å²) in [5.74, 6) is 0.456. The van der Waals surface area contributed by atoms with Gasteiger partial charge in [-0.15, -0.1) is 0 Å². The van der Waals surface area contributed by atoms with E-state index in [1.807, 2.05) is 6.07 Å². The Hall–Kier alpha value is -2.92. The summed E-state index contributed by atoms with van der Waals surface area (Å²) in [4.78, 5) is 21.2. The first-order chi connectivity index (χ1) is 13.1. The predicted octanol–water partition coefficient (Wildman–Crippen LogP) is 4.25. The van der Waals surface area contributed by atoms with Crippen molar-refractivity contribution in [2.45, 2.75) is 19.8 Å². The van der Waals surface area contributed by atoms with E-state index in [-0.39, 0.29) is 12.3 Å². The topological polar surface area (TPSA) is 66.9 Å². The Balaban J connectivity index is 1.56. The Labute approximate surface area is 162 Å². The smallest absolute Gasteiger partial charge is 0.228 e. The average molecular weight is 379 g/mol. The van der Waals surface area contributed by atoms with E-state index in [9.17, 15) is 4.79 Å². The van der Waals surface area contributed by atoms with Crippen molar-refractivity contribution in [3.63, 3.8) is 0 Å². The second-order valence-corrected chi connectivity index (χ2v) is 7.08. The molecule has 0 saturated heterocycles. The summed E-state index contributed by atoms with van der Waals surface area (Å²) in [7, 11) is 0. The summed E-state index contributed by atoms with van der Waals surface area (Å²) in [6.45, 7) is 2.81. The van der Waals surface area contributed by atoms with Gasteiger partial charge in [-0.25, -0.2) is 9.97 Å². The van der Waals surface area contributed by atoms with Gasteiger partial charge in [-0.1, -0.05) is 41.4 Å². The molecule has 2 aromatic carbocycles. The predicted molar refractivity (Wildman–Crippen MR) is 108 cm³/mol. The molecule has 27 heavy (non-hydrogen) atoms. The number of benzene rings is 2. The van der Waals surface area contributed by atoms with Crippen molar-refractivity contribution >= 4 is 29.1 Å². The van der Waals surface area contributed by atoms with Gasteiger partial charge in [-0.2, -0.15) is 0 Å². The Bertz CT molecular complexity index is 1000. The Kier molecular flexibility index (Phi) is 4.77. The van der Waals surface area contributed by atoms with Gasteiger partial charge < -0.3 is 10.6 Å². The van der Waals surface area contributed by atoms with E-state index in [0.29, 0.717) is 16.7 Å². The molecule has 0 spiro atoms. The second kappa shape index (κ2) is 7.37. The van der Waals surface area contributed by atoms with Gasteiger partial charge in [-0.05, 0) is 37.1 Å². The third-order valence-electron chi connectivity index (χ3n) is 4.54. The van der Waals surface area contributed by atoms with Crippen molar-refractivity contribution < 1.29 is 4.79 Å². The molecule has 3 aromatic rings. The number of fused-ring (bicyclic) bond motifs is 3. The minimum Gasteiger partial charge on any atom is -0.354 e. The van der Waals surface area contributed by atoms with Crippen LogP contribution in [0.4, 0.5) is 11.6 Å². The first-order valence-corrected chi connectivity index (χ1v) is 9.21. The van der Waals surface area contributed by atoms with Crippen molar-refractivity contribution in [3.05, 3.63) is 70.4 Å². The maximum absolute atomic E-state index is 12.1. The fraction of sp³-hybridized carbons (Fsp3) is 0.190. The third kappa shape index (κ3) is 3.93. The molecule has 0 saturated carbocycles. The number of hydrogen-bond donors (Lipinski definition) is 2. The van der Waals surface area contributed by atoms with Crippen LogP contribution >= 0.6 is 11.6 Å². The van der Waals surface area contributed by atoms with Crippen molar-refractivity contribution in [3.8, 4) is 11.3 Å². The van der Waals surface area contributed by atoms with Crippen LogP contribution in [0.25, 0.3) is 11.3 Å². The molecule has 136 valence electrons. The lowest BCUT2D eigenvalue weighted by atomic mass is 10.1. The lowest BCUT2D eigenvalue weighted by molar-refractivity contribution is -0.115. The van der Waals surface area contributed by atoms with E-state index >= 15 is 0 Å². The zero-order valence-corrected chi connectivity index (χ0v) is 15.7. The highest BCUT2D eigenvalue weighted by Crippen LogP contribution is 2.34. The number of anilines is 2. The summed E-state index contributed by atoms with van der Waals surface area (Å²) in [5.41, 5.74) is 5.60. The highest BCUT2D eigenvalue weighted by molar-refractivity contribution is 6.31. The van der Waals surface area contributed by atoms with Crippen LogP contribution < -0.4 is 10.6 Å². The van der Waals surface area contributed by atoms with Gasteiger partial charge in [0.05, 0.1) is 17.8 Å². The summed E-state index contributed by atoms with van der Waals surface area (Å²) >= 11 is 6.08. The molecule has 0 atom stereocenters. The molecule has 0 aliphatic carbocycles. The molecule has 0 fully saturated rings. The highest BCUT2D eigenvalue weighted by Gasteiger charge is 2.21. The molecule has 0 unspecified atom stereocenters. The molecule has 2 N–H and O–H groups in total. The Morgan fingerprint density at radius 1 is 1.19 bits per heavy atom.